The topological polar surface area (TPSA) is 17.3 Å². The van der Waals surface area contributed by atoms with Crippen molar-refractivity contribution in [2.24, 2.45) is 4.99 Å². The van der Waals surface area contributed by atoms with Crippen molar-refractivity contribution in [2.75, 3.05) is 7.05 Å². The van der Waals surface area contributed by atoms with E-state index < -0.39 is 0 Å². The molecule has 3 heteroatoms. The number of aromatic nitrogens is 1. The largest absolute Gasteiger partial charge is 0.308 e. The van der Waals surface area contributed by atoms with E-state index >= 15 is 0 Å². The number of pyridine rings is 1. The molecule has 0 saturated heterocycles. The molecule has 0 aliphatic heterocycles. The van der Waals surface area contributed by atoms with Gasteiger partial charge in [0.25, 0.3) is 0 Å². The fourth-order valence-corrected chi connectivity index (χ4v) is 1.23. The first-order valence-electron chi connectivity index (χ1n) is 3.63. The Morgan fingerprint density at radius 3 is 2.83 bits per heavy atom. The Morgan fingerprint density at radius 2 is 2.33 bits per heavy atom. The fourth-order valence-electron chi connectivity index (χ4n) is 0.987. The minimum absolute atomic E-state index is 0.680. The summed E-state index contributed by atoms with van der Waals surface area (Å²) in [6.45, 7) is 5.60. The summed E-state index contributed by atoms with van der Waals surface area (Å²) in [4.78, 5) is 4.06. The summed E-state index contributed by atoms with van der Waals surface area (Å²) in [6.07, 6.45) is 3.56. The van der Waals surface area contributed by atoms with Crippen LogP contribution >= 0.6 is 11.6 Å². The summed E-state index contributed by atoms with van der Waals surface area (Å²) in [7, 11) is 1.71. The second kappa shape index (κ2) is 3.59. The predicted octanol–water partition coefficient (Wildman–Crippen LogP) is 2.08. The third-order valence-electron chi connectivity index (χ3n) is 1.68. The summed E-state index contributed by atoms with van der Waals surface area (Å²) >= 11 is 6.01. The van der Waals surface area contributed by atoms with Crippen LogP contribution in [-0.4, -0.2) is 11.6 Å². The van der Waals surface area contributed by atoms with Gasteiger partial charge in [0.2, 0.25) is 0 Å². The van der Waals surface area contributed by atoms with Gasteiger partial charge in [0.1, 0.15) is 0 Å². The third kappa shape index (κ3) is 1.43. The molecule has 0 atom stereocenters. The smallest absolute Gasteiger partial charge is 0.150 e. The van der Waals surface area contributed by atoms with E-state index in [2.05, 4.69) is 11.6 Å². The van der Waals surface area contributed by atoms with Crippen LogP contribution in [0.3, 0.4) is 0 Å². The predicted molar refractivity (Wildman–Crippen MR) is 52.1 cm³/mol. The van der Waals surface area contributed by atoms with Gasteiger partial charge in [-0.05, 0) is 18.6 Å². The first kappa shape index (κ1) is 9.07. The van der Waals surface area contributed by atoms with Crippen LogP contribution in [0.1, 0.15) is 5.56 Å². The van der Waals surface area contributed by atoms with Crippen LogP contribution in [0.15, 0.2) is 23.8 Å². The van der Waals surface area contributed by atoms with Gasteiger partial charge < -0.3 is 4.57 Å². The maximum Gasteiger partial charge on any atom is 0.150 e. The lowest BCUT2D eigenvalue weighted by molar-refractivity contribution is 0.984. The highest BCUT2D eigenvalue weighted by molar-refractivity contribution is 6.31. The van der Waals surface area contributed by atoms with E-state index in [0.717, 1.165) is 11.1 Å². The van der Waals surface area contributed by atoms with E-state index in [1.165, 1.54) is 0 Å². The van der Waals surface area contributed by atoms with E-state index in [4.69, 9.17) is 11.6 Å². The van der Waals surface area contributed by atoms with Crippen LogP contribution in [0.25, 0.3) is 6.20 Å². The van der Waals surface area contributed by atoms with Crippen molar-refractivity contribution in [1.82, 2.24) is 4.57 Å². The fraction of sp³-hybridized carbons (Fsp3) is 0.222. The van der Waals surface area contributed by atoms with Gasteiger partial charge in [-0.2, -0.15) is 0 Å². The summed E-state index contributed by atoms with van der Waals surface area (Å²) in [6, 6.07) is 1.93. The van der Waals surface area contributed by atoms with Crippen LogP contribution < -0.4 is 5.49 Å². The van der Waals surface area contributed by atoms with Crippen molar-refractivity contribution in [3.63, 3.8) is 0 Å². The lowest BCUT2D eigenvalue weighted by atomic mass is 10.3. The molecular formula is C9H11ClN2. The van der Waals surface area contributed by atoms with Gasteiger partial charge in [-0.25, -0.2) is 0 Å². The SMILES string of the molecule is C=Cn1ccc(C)c(Cl)c1=NC. The first-order chi connectivity index (χ1) is 5.70. The normalized spacial score (nSPS) is 11.8. The highest BCUT2D eigenvalue weighted by Gasteiger charge is 1.98. The Labute approximate surface area is 76.8 Å². The number of halogens is 1. The van der Waals surface area contributed by atoms with Crippen LogP contribution in [0, 0.1) is 6.92 Å². The van der Waals surface area contributed by atoms with Gasteiger partial charge in [-0.1, -0.05) is 18.2 Å². The summed E-state index contributed by atoms with van der Waals surface area (Å²) in [5, 5.41) is 0.680. The average Bonchev–Trinajstić information content (AvgIpc) is 2.09. The molecule has 0 saturated carbocycles. The Kier molecular flexibility index (Phi) is 2.71. The van der Waals surface area contributed by atoms with Gasteiger partial charge in [0.15, 0.2) is 5.49 Å². The molecular weight excluding hydrogens is 172 g/mol. The molecule has 2 nitrogen and oxygen atoms in total. The molecule has 0 radical (unpaired) electrons. The Hall–Kier alpha value is -1.02. The molecule has 1 aromatic rings. The van der Waals surface area contributed by atoms with Gasteiger partial charge in [0, 0.05) is 19.4 Å². The van der Waals surface area contributed by atoms with Crippen molar-refractivity contribution in [3.05, 3.63) is 34.9 Å². The van der Waals surface area contributed by atoms with Crippen LogP contribution in [0.5, 0.6) is 0 Å². The lowest BCUT2D eigenvalue weighted by Crippen LogP contribution is -2.17. The molecule has 0 aliphatic rings. The quantitative estimate of drug-likeness (QED) is 0.633. The average molecular weight is 183 g/mol. The van der Waals surface area contributed by atoms with Crippen molar-refractivity contribution >= 4 is 17.8 Å². The molecule has 0 spiro atoms. The lowest BCUT2D eigenvalue weighted by Gasteiger charge is -2.03. The number of nitrogens with zero attached hydrogens (tertiary/aromatic N) is 2. The summed E-state index contributed by atoms with van der Waals surface area (Å²) in [5.41, 5.74) is 1.77. The highest BCUT2D eigenvalue weighted by Crippen LogP contribution is 2.07. The van der Waals surface area contributed by atoms with Gasteiger partial charge >= 0.3 is 0 Å². The number of rotatable bonds is 1. The molecule has 1 aromatic heterocycles. The standard InChI is InChI=1S/C9H11ClN2/c1-4-12-6-5-7(2)8(10)9(12)11-3/h4-6H,1H2,2-3H3. The maximum atomic E-state index is 6.01. The molecule has 0 aliphatic carbocycles. The molecule has 0 fully saturated rings. The maximum absolute atomic E-state index is 6.01. The second-order valence-electron chi connectivity index (χ2n) is 2.45. The summed E-state index contributed by atoms with van der Waals surface area (Å²) < 4.78 is 1.79. The molecule has 0 amide bonds. The van der Waals surface area contributed by atoms with Gasteiger partial charge in [0.05, 0.1) is 5.02 Å². The van der Waals surface area contributed by atoms with E-state index in [0.29, 0.717) is 5.02 Å². The Bertz CT molecular complexity index is 363. The van der Waals surface area contributed by atoms with Crippen molar-refractivity contribution in [3.8, 4) is 0 Å². The molecule has 12 heavy (non-hydrogen) atoms. The number of aryl methyl sites for hydroxylation is 1. The zero-order chi connectivity index (χ0) is 9.14. The van der Waals surface area contributed by atoms with Gasteiger partial charge in [-0.3, -0.25) is 4.99 Å². The number of hydrogen-bond donors (Lipinski definition) is 0. The van der Waals surface area contributed by atoms with Crippen LogP contribution in [-0.2, 0) is 0 Å². The molecule has 1 rings (SSSR count). The van der Waals surface area contributed by atoms with Crippen molar-refractivity contribution < 1.29 is 0 Å². The highest BCUT2D eigenvalue weighted by atomic mass is 35.5. The van der Waals surface area contributed by atoms with E-state index in [1.807, 2.05) is 19.2 Å². The molecule has 1 heterocycles. The number of hydrogen-bond acceptors (Lipinski definition) is 1. The molecule has 0 unspecified atom stereocenters. The molecule has 64 valence electrons. The van der Waals surface area contributed by atoms with Crippen molar-refractivity contribution in [1.29, 1.82) is 0 Å². The molecule has 0 aromatic carbocycles. The first-order valence-corrected chi connectivity index (χ1v) is 4.01. The van der Waals surface area contributed by atoms with E-state index in [1.54, 1.807) is 17.8 Å². The van der Waals surface area contributed by atoms with Crippen LogP contribution in [0.2, 0.25) is 5.02 Å². The molecule has 0 N–H and O–H groups in total. The Balaban J connectivity index is 3.58. The van der Waals surface area contributed by atoms with E-state index in [-0.39, 0.29) is 0 Å². The minimum Gasteiger partial charge on any atom is -0.308 e. The molecule has 0 bridgehead atoms. The summed E-state index contributed by atoms with van der Waals surface area (Å²) in [5.74, 6) is 0. The van der Waals surface area contributed by atoms with Gasteiger partial charge in [-0.15, -0.1) is 0 Å². The minimum atomic E-state index is 0.680. The van der Waals surface area contributed by atoms with Crippen molar-refractivity contribution in [2.45, 2.75) is 6.92 Å². The monoisotopic (exact) mass is 182 g/mol. The second-order valence-corrected chi connectivity index (χ2v) is 2.83. The Morgan fingerprint density at radius 1 is 1.67 bits per heavy atom. The van der Waals surface area contributed by atoms with Crippen LogP contribution in [0.4, 0.5) is 0 Å². The third-order valence-corrected chi connectivity index (χ3v) is 2.15. The van der Waals surface area contributed by atoms with E-state index in [9.17, 15) is 0 Å². The zero-order valence-corrected chi connectivity index (χ0v) is 7.97. The zero-order valence-electron chi connectivity index (χ0n) is 7.21.